The van der Waals surface area contributed by atoms with Gasteiger partial charge in [0.25, 0.3) is 0 Å². The second-order valence-electron chi connectivity index (χ2n) is 11.7. The number of methoxy groups -OCH3 is 1. The lowest BCUT2D eigenvalue weighted by molar-refractivity contribution is -0.137. The summed E-state index contributed by atoms with van der Waals surface area (Å²) in [6.45, 7) is 5.27. The van der Waals surface area contributed by atoms with Crippen molar-refractivity contribution in [3.8, 4) is 16.9 Å². The number of hydrogen-bond acceptors (Lipinski definition) is 3. The van der Waals surface area contributed by atoms with Crippen LogP contribution in [0.1, 0.15) is 56.7 Å². The number of nitrogens with zero attached hydrogens (tertiary/aromatic N) is 1. The van der Waals surface area contributed by atoms with Crippen LogP contribution < -0.4 is 4.74 Å². The first kappa shape index (κ1) is 34.2. The van der Waals surface area contributed by atoms with Gasteiger partial charge in [-0.1, -0.05) is 32.9 Å². The van der Waals surface area contributed by atoms with Gasteiger partial charge in [0, 0.05) is 22.6 Å². The van der Waals surface area contributed by atoms with Gasteiger partial charge in [-0.3, -0.25) is 4.90 Å². The van der Waals surface area contributed by atoms with E-state index in [9.17, 15) is 48.7 Å². The van der Waals surface area contributed by atoms with E-state index in [0.717, 1.165) is 36.1 Å². The van der Waals surface area contributed by atoms with Crippen molar-refractivity contribution in [1.29, 1.82) is 0 Å². The molecule has 1 heterocycles. The van der Waals surface area contributed by atoms with Crippen molar-refractivity contribution >= 4 is 6.09 Å². The Bertz CT molecular complexity index is 1540. The van der Waals surface area contributed by atoms with Crippen LogP contribution in [0.3, 0.4) is 0 Å². The molecule has 1 aliphatic carbocycles. The molecule has 1 fully saturated rings. The van der Waals surface area contributed by atoms with Crippen LogP contribution in [0.2, 0.25) is 0 Å². The Balaban J connectivity index is 1.80. The first-order chi connectivity index (χ1) is 20.6. The van der Waals surface area contributed by atoms with E-state index in [0.29, 0.717) is 6.08 Å². The molecule has 4 nitrogen and oxygen atoms in total. The van der Waals surface area contributed by atoms with Crippen molar-refractivity contribution in [3.05, 3.63) is 76.1 Å². The second kappa shape index (κ2) is 11.6. The number of halogens is 10. The SMILES string of the molecule is COc1cc(F)c(C(C)C)cc1-c1ccc(C(F)(F)F)cc1CN1C(=O)OC(C2(C)C=C(C(F)(F)F)C=C(C(F)(F)F)C2)C1C. The fourth-order valence-corrected chi connectivity index (χ4v) is 5.86. The fourth-order valence-electron chi connectivity index (χ4n) is 5.86. The van der Waals surface area contributed by atoms with Crippen LogP contribution in [0.15, 0.2) is 53.6 Å². The van der Waals surface area contributed by atoms with Crippen LogP contribution in [0.5, 0.6) is 5.75 Å². The molecule has 3 unspecified atom stereocenters. The van der Waals surface area contributed by atoms with Crippen molar-refractivity contribution in [2.45, 2.75) is 77.3 Å². The second-order valence-corrected chi connectivity index (χ2v) is 11.7. The first-order valence-electron chi connectivity index (χ1n) is 13.7. The molecule has 4 rings (SSSR count). The molecule has 3 atom stereocenters. The van der Waals surface area contributed by atoms with Gasteiger partial charge in [0.05, 0.1) is 30.8 Å². The molecular weight excluding hydrogens is 624 g/mol. The summed E-state index contributed by atoms with van der Waals surface area (Å²) in [5.41, 5.74) is -5.60. The number of benzene rings is 2. The smallest absolute Gasteiger partial charge is 0.416 e. The predicted molar refractivity (Wildman–Crippen MR) is 144 cm³/mol. The Morgan fingerprint density at radius 2 is 1.62 bits per heavy atom. The molecule has 1 saturated heterocycles. The molecular formula is C31H29F10NO3. The van der Waals surface area contributed by atoms with Gasteiger partial charge in [-0.15, -0.1) is 0 Å². The summed E-state index contributed by atoms with van der Waals surface area (Å²) >= 11 is 0. The van der Waals surface area contributed by atoms with Crippen molar-refractivity contribution in [1.82, 2.24) is 4.90 Å². The fraction of sp³-hybridized carbons (Fsp3) is 0.452. The molecule has 1 aliphatic heterocycles. The molecule has 2 aromatic rings. The molecule has 246 valence electrons. The molecule has 45 heavy (non-hydrogen) atoms. The maximum absolute atomic E-state index is 14.7. The standard InChI is InChI=1S/C31H29F10NO3/c1-15(2)22-10-23(25(44-5)11-24(22)32)21-7-6-18(29(33,34)35)8-17(21)14-42-16(3)26(45-27(42)43)28(4)12-19(30(36,37)38)9-20(13-28)31(39,40)41/h6-12,15-16,26H,13-14H2,1-5H3. The number of carbonyl (C=O) groups is 1. The summed E-state index contributed by atoms with van der Waals surface area (Å²) in [4.78, 5) is 14.1. The lowest BCUT2D eigenvalue weighted by atomic mass is 9.71. The average molecular weight is 654 g/mol. The highest BCUT2D eigenvalue weighted by atomic mass is 19.4. The zero-order valence-electron chi connectivity index (χ0n) is 24.6. The van der Waals surface area contributed by atoms with E-state index in [1.165, 1.54) is 20.1 Å². The normalized spacial score (nSPS) is 22.8. The number of ether oxygens (including phenoxy) is 2. The first-order valence-corrected chi connectivity index (χ1v) is 13.7. The molecule has 2 aromatic carbocycles. The molecule has 0 radical (unpaired) electrons. The van der Waals surface area contributed by atoms with Gasteiger partial charge in [0.1, 0.15) is 17.7 Å². The van der Waals surface area contributed by atoms with E-state index in [1.807, 2.05) is 0 Å². The maximum atomic E-state index is 14.7. The molecule has 1 amide bonds. The Morgan fingerprint density at radius 3 is 2.16 bits per heavy atom. The van der Waals surface area contributed by atoms with Crippen LogP contribution in [-0.4, -0.2) is 42.6 Å². The Morgan fingerprint density at radius 1 is 0.978 bits per heavy atom. The minimum atomic E-state index is -5.14. The minimum absolute atomic E-state index is 0.0113. The summed E-state index contributed by atoms with van der Waals surface area (Å²) < 4.78 is 149. The van der Waals surface area contributed by atoms with Gasteiger partial charge in [-0.05, 0) is 60.2 Å². The van der Waals surface area contributed by atoms with Crippen molar-refractivity contribution in [3.63, 3.8) is 0 Å². The summed E-state index contributed by atoms with van der Waals surface area (Å²) in [7, 11) is 1.23. The summed E-state index contributed by atoms with van der Waals surface area (Å²) in [5.74, 6) is -0.958. The van der Waals surface area contributed by atoms with E-state index in [4.69, 9.17) is 9.47 Å². The highest BCUT2D eigenvalue weighted by Crippen LogP contribution is 2.50. The van der Waals surface area contributed by atoms with Gasteiger partial charge >= 0.3 is 24.6 Å². The summed E-state index contributed by atoms with van der Waals surface area (Å²) in [6.07, 6.45) is -18.1. The van der Waals surface area contributed by atoms with E-state index < -0.39 is 77.7 Å². The van der Waals surface area contributed by atoms with E-state index >= 15 is 0 Å². The highest BCUT2D eigenvalue weighted by Gasteiger charge is 2.54. The summed E-state index contributed by atoms with van der Waals surface area (Å²) in [5, 5.41) is 0. The monoisotopic (exact) mass is 653 g/mol. The van der Waals surface area contributed by atoms with Crippen LogP contribution in [0.25, 0.3) is 11.1 Å². The third-order valence-electron chi connectivity index (χ3n) is 8.12. The predicted octanol–water partition coefficient (Wildman–Crippen LogP) is 9.74. The molecule has 0 bridgehead atoms. The van der Waals surface area contributed by atoms with E-state index in [2.05, 4.69) is 0 Å². The third kappa shape index (κ3) is 6.79. The van der Waals surface area contributed by atoms with Gasteiger partial charge in [-0.2, -0.15) is 39.5 Å². The van der Waals surface area contributed by atoms with Crippen molar-refractivity contribution in [2.24, 2.45) is 5.41 Å². The molecule has 0 spiro atoms. The lowest BCUT2D eigenvalue weighted by Crippen LogP contribution is -2.44. The molecule has 0 aromatic heterocycles. The van der Waals surface area contributed by atoms with Crippen LogP contribution in [0.4, 0.5) is 48.7 Å². The third-order valence-corrected chi connectivity index (χ3v) is 8.12. The number of cyclic esters (lactones) is 1. The zero-order chi connectivity index (χ0) is 33.9. The van der Waals surface area contributed by atoms with Gasteiger partial charge in [0.2, 0.25) is 0 Å². The summed E-state index contributed by atoms with van der Waals surface area (Å²) in [6, 6.07) is 4.01. The minimum Gasteiger partial charge on any atom is -0.496 e. The van der Waals surface area contributed by atoms with Gasteiger partial charge in [0.15, 0.2) is 0 Å². The molecule has 0 saturated carbocycles. The Kier molecular flexibility index (Phi) is 8.79. The van der Waals surface area contributed by atoms with E-state index in [-0.39, 0.29) is 40.0 Å². The molecule has 0 N–H and O–H groups in total. The number of carbonyl (C=O) groups excluding carboxylic acids is 1. The van der Waals surface area contributed by atoms with Gasteiger partial charge < -0.3 is 9.47 Å². The molecule has 2 aliphatic rings. The zero-order valence-corrected chi connectivity index (χ0v) is 24.6. The highest BCUT2D eigenvalue weighted by molar-refractivity contribution is 5.76. The topological polar surface area (TPSA) is 38.8 Å². The number of amides is 1. The van der Waals surface area contributed by atoms with Crippen LogP contribution >= 0.6 is 0 Å². The molecule has 14 heteroatoms. The number of allylic oxidation sites excluding steroid dienone is 3. The largest absolute Gasteiger partial charge is 0.496 e. The number of alkyl halides is 9. The van der Waals surface area contributed by atoms with E-state index in [1.54, 1.807) is 13.8 Å². The van der Waals surface area contributed by atoms with Crippen molar-refractivity contribution < 1.29 is 58.2 Å². The quantitative estimate of drug-likeness (QED) is 0.292. The van der Waals surface area contributed by atoms with Gasteiger partial charge in [-0.25, -0.2) is 9.18 Å². The number of hydrogen-bond donors (Lipinski definition) is 0. The van der Waals surface area contributed by atoms with Crippen LogP contribution in [0, 0.1) is 11.2 Å². The van der Waals surface area contributed by atoms with Crippen LogP contribution in [-0.2, 0) is 17.5 Å². The lowest BCUT2D eigenvalue weighted by Gasteiger charge is -2.38. The van der Waals surface area contributed by atoms with Crippen molar-refractivity contribution in [2.75, 3.05) is 7.11 Å². The average Bonchev–Trinajstić information content (AvgIpc) is 3.20. The number of rotatable bonds is 6. The Labute approximate surface area is 252 Å². The maximum Gasteiger partial charge on any atom is 0.416 e. The Hall–Kier alpha value is -3.71.